The fraction of sp³-hybridized carbons (Fsp3) is 1.00. The van der Waals surface area contributed by atoms with E-state index in [1.807, 2.05) is 0 Å². The molecule has 0 aromatic heterocycles. The molecule has 0 N–H and O–H groups in total. The van der Waals surface area contributed by atoms with Crippen LogP contribution in [0.2, 0.25) is 0 Å². The van der Waals surface area contributed by atoms with Gasteiger partial charge in [-0.15, -0.1) is 0 Å². The van der Waals surface area contributed by atoms with Gasteiger partial charge in [-0.3, -0.25) is 0 Å². The molecule has 2 fully saturated rings. The molecule has 0 aromatic carbocycles. The van der Waals surface area contributed by atoms with Gasteiger partial charge in [0.25, 0.3) is 0 Å². The van der Waals surface area contributed by atoms with Crippen molar-refractivity contribution in [2.75, 3.05) is 61.7 Å². The summed E-state index contributed by atoms with van der Waals surface area (Å²) in [5, 5.41) is 0. The second-order valence-corrected chi connectivity index (χ2v) is 3.52. The normalized spacial score (nSPS) is 24.0. The molecule has 2 unspecified atom stereocenters. The molecule has 0 spiro atoms. The van der Waals surface area contributed by atoms with E-state index >= 15 is 0 Å². The van der Waals surface area contributed by atoms with Crippen LogP contribution in [0.4, 0.5) is 0 Å². The lowest BCUT2D eigenvalue weighted by Gasteiger charge is -1.87. The molecule has 0 bridgehead atoms. The van der Waals surface area contributed by atoms with Crippen LogP contribution in [-0.4, -0.2) is 73.9 Å². The van der Waals surface area contributed by atoms with Gasteiger partial charge in [-0.1, -0.05) is 0 Å². The topological polar surface area (TPSA) is 62.0 Å². The van der Waals surface area contributed by atoms with Gasteiger partial charge in [0.2, 0.25) is 0 Å². The first-order valence-electron chi connectivity index (χ1n) is 5.47. The van der Waals surface area contributed by atoms with E-state index in [1.165, 1.54) is 0 Å². The van der Waals surface area contributed by atoms with Crippen molar-refractivity contribution in [1.29, 1.82) is 0 Å². The van der Waals surface area contributed by atoms with E-state index < -0.39 is 0 Å². The molecule has 2 atom stereocenters. The third kappa shape index (κ3) is 15.8. The van der Waals surface area contributed by atoms with E-state index in [-0.39, 0.29) is 0 Å². The summed E-state index contributed by atoms with van der Waals surface area (Å²) in [4.78, 5) is 0. The predicted molar refractivity (Wildman–Crippen MR) is 62.1 cm³/mol. The number of hydrogen-bond donors (Lipinski definition) is 0. The summed E-state index contributed by atoms with van der Waals surface area (Å²) < 4.78 is 28.1. The highest BCUT2D eigenvalue weighted by molar-refractivity contribution is 4.66. The maximum atomic E-state index is 4.82. The van der Waals surface area contributed by atoms with E-state index in [2.05, 4.69) is 9.47 Å². The second-order valence-electron chi connectivity index (χ2n) is 3.52. The zero-order valence-corrected chi connectivity index (χ0v) is 11.1. The first-order chi connectivity index (χ1) is 8.28. The minimum absolute atomic E-state index is 0.389. The molecule has 0 saturated carbocycles. The van der Waals surface area contributed by atoms with Gasteiger partial charge in [-0.25, -0.2) is 0 Å². The predicted octanol–water partition coefficient (Wildman–Crippen LogP) is 0.300. The maximum Gasteiger partial charge on any atom is 0.145 e. The molecule has 2 aliphatic heterocycles. The maximum absolute atomic E-state index is 4.82. The Morgan fingerprint density at radius 3 is 1.18 bits per heavy atom. The fourth-order valence-electron chi connectivity index (χ4n) is 0.818. The third-order valence-electron chi connectivity index (χ3n) is 1.75. The SMILES string of the molecule is COCC1CO1.COCC1CO1.COCOC. The van der Waals surface area contributed by atoms with Crippen molar-refractivity contribution in [1.82, 2.24) is 0 Å². The van der Waals surface area contributed by atoms with Crippen molar-refractivity contribution >= 4 is 0 Å². The number of ether oxygens (including phenoxy) is 6. The Kier molecular flexibility index (Phi) is 12.1. The summed E-state index contributed by atoms with van der Waals surface area (Å²) in [6.45, 7) is 3.71. The monoisotopic (exact) mass is 252 g/mol. The van der Waals surface area contributed by atoms with Crippen molar-refractivity contribution in [2.24, 2.45) is 0 Å². The molecule has 6 heteroatoms. The summed E-state index contributed by atoms with van der Waals surface area (Å²) in [6, 6.07) is 0. The Bertz CT molecular complexity index is 131. The molecular weight excluding hydrogens is 228 g/mol. The highest BCUT2D eigenvalue weighted by atomic mass is 16.6. The van der Waals surface area contributed by atoms with Gasteiger partial charge in [-0.2, -0.15) is 0 Å². The van der Waals surface area contributed by atoms with Gasteiger partial charge in [-0.05, 0) is 0 Å². The van der Waals surface area contributed by atoms with Gasteiger partial charge in [0.05, 0.1) is 26.4 Å². The van der Waals surface area contributed by atoms with Gasteiger partial charge in [0, 0.05) is 28.4 Å². The molecular formula is C11H24O6. The third-order valence-corrected chi connectivity index (χ3v) is 1.75. The molecule has 2 rings (SSSR count). The van der Waals surface area contributed by atoms with Crippen LogP contribution in [0.15, 0.2) is 0 Å². The van der Waals surface area contributed by atoms with E-state index in [0.717, 1.165) is 26.4 Å². The Balaban J connectivity index is 0.000000228. The lowest BCUT2D eigenvalue weighted by molar-refractivity contribution is -0.00271. The summed E-state index contributed by atoms with van der Waals surface area (Å²) in [5.74, 6) is 0. The Hall–Kier alpha value is -0.240. The first kappa shape index (κ1) is 16.8. The van der Waals surface area contributed by atoms with Gasteiger partial charge >= 0.3 is 0 Å². The molecule has 0 amide bonds. The minimum Gasteiger partial charge on any atom is -0.382 e. The smallest absolute Gasteiger partial charge is 0.145 e. The highest BCUT2D eigenvalue weighted by Crippen LogP contribution is 2.07. The molecule has 6 nitrogen and oxygen atoms in total. The van der Waals surface area contributed by atoms with Crippen molar-refractivity contribution in [3.05, 3.63) is 0 Å². The quantitative estimate of drug-likeness (QED) is 0.500. The van der Waals surface area contributed by atoms with Crippen LogP contribution < -0.4 is 0 Å². The van der Waals surface area contributed by atoms with Crippen LogP contribution in [0.25, 0.3) is 0 Å². The average molecular weight is 252 g/mol. The van der Waals surface area contributed by atoms with Gasteiger partial charge in [0.1, 0.15) is 19.0 Å². The standard InChI is InChI=1S/2C4H8O2.C3H8O2/c2*1-5-2-4-3-6-4;1-4-3-5-2/h2*4H,2-3H2,1H3;3H2,1-2H3. The Morgan fingerprint density at radius 1 is 0.765 bits per heavy atom. The van der Waals surface area contributed by atoms with Crippen molar-refractivity contribution in [3.63, 3.8) is 0 Å². The van der Waals surface area contributed by atoms with Crippen LogP contribution in [-0.2, 0) is 28.4 Å². The first-order valence-corrected chi connectivity index (χ1v) is 5.47. The van der Waals surface area contributed by atoms with Crippen LogP contribution >= 0.6 is 0 Å². The van der Waals surface area contributed by atoms with E-state index in [4.69, 9.17) is 18.9 Å². The fourth-order valence-corrected chi connectivity index (χ4v) is 0.818. The summed E-state index contributed by atoms with van der Waals surface area (Å²) in [7, 11) is 6.54. The van der Waals surface area contributed by atoms with E-state index in [0.29, 0.717) is 19.0 Å². The van der Waals surface area contributed by atoms with E-state index in [9.17, 15) is 0 Å². The number of rotatable bonds is 6. The highest BCUT2D eigenvalue weighted by Gasteiger charge is 2.21. The molecule has 2 heterocycles. The molecule has 0 radical (unpaired) electrons. The number of hydrogen-bond acceptors (Lipinski definition) is 6. The molecule has 0 aliphatic carbocycles. The lowest BCUT2D eigenvalue weighted by Crippen LogP contribution is -1.94. The second kappa shape index (κ2) is 12.2. The Labute approximate surface area is 103 Å². The molecule has 0 aromatic rings. The van der Waals surface area contributed by atoms with Gasteiger partial charge in [0.15, 0.2) is 0 Å². The van der Waals surface area contributed by atoms with Crippen LogP contribution in [0.3, 0.4) is 0 Å². The van der Waals surface area contributed by atoms with Crippen molar-refractivity contribution in [2.45, 2.75) is 12.2 Å². The minimum atomic E-state index is 0.389. The zero-order chi connectivity index (χ0) is 12.9. The van der Waals surface area contributed by atoms with Crippen molar-refractivity contribution in [3.8, 4) is 0 Å². The summed E-state index contributed by atoms with van der Waals surface area (Å²) in [5.41, 5.74) is 0. The van der Waals surface area contributed by atoms with Crippen LogP contribution in [0.1, 0.15) is 0 Å². The van der Waals surface area contributed by atoms with Crippen LogP contribution in [0, 0.1) is 0 Å². The summed E-state index contributed by atoms with van der Waals surface area (Å²) >= 11 is 0. The Morgan fingerprint density at radius 2 is 1.12 bits per heavy atom. The summed E-state index contributed by atoms with van der Waals surface area (Å²) in [6.07, 6.45) is 0.852. The van der Waals surface area contributed by atoms with E-state index in [1.54, 1.807) is 28.4 Å². The largest absolute Gasteiger partial charge is 0.382 e. The average Bonchev–Trinajstić information content (AvgIpc) is 3.16. The zero-order valence-electron chi connectivity index (χ0n) is 11.1. The van der Waals surface area contributed by atoms with Gasteiger partial charge < -0.3 is 28.4 Å². The lowest BCUT2D eigenvalue weighted by atomic mass is 10.5. The number of methoxy groups -OCH3 is 4. The molecule has 104 valence electrons. The van der Waals surface area contributed by atoms with Crippen LogP contribution in [0.5, 0.6) is 0 Å². The number of epoxide rings is 2. The molecule has 17 heavy (non-hydrogen) atoms. The molecule has 2 saturated heterocycles. The molecule has 2 aliphatic rings. The van der Waals surface area contributed by atoms with Crippen molar-refractivity contribution < 1.29 is 28.4 Å².